The van der Waals surface area contributed by atoms with Gasteiger partial charge in [-0.05, 0) is 19.1 Å². The number of hydrazone groups is 1. The van der Waals surface area contributed by atoms with Gasteiger partial charge in [-0.15, -0.1) is 6.58 Å². The van der Waals surface area contributed by atoms with Crippen molar-refractivity contribution in [3.8, 4) is 0 Å². The molecule has 0 bridgehead atoms. The molecule has 126 valence electrons. The average Bonchev–Trinajstić information content (AvgIpc) is 2.60. The maximum absolute atomic E-state index is 12.2. The minimum atomic E-state index is -0.956. The van der Waals surface area contributed by atoms with E-state index < -0.39 is 18.0 Å². The Bertz CT molecular complexity index is 670. The fourth-order valence-electron chi connectivity index (χ4n) is 2.07. The summed E-state index contributed by atoms with van der Waals surface area (Å²) in [5.74, 6) is -1.32. The Morgan fingerprint density at radius 1 is 1.38 bits per heavy atom. The SMILES string of the molecule is C=CCNC(=O)[C@@H](C)OC(=O)C1=NN(c2ccccc2)C(=O)CC1. The maximum atomic E-state index is 12.2. The number of anilines is 1. The lowest BCUT2D eigenvalue weighted by Crippen LogP contribution is -2.39. The van der Waals surface area contributed by atoms with E-state index in [4.69, 9.17) is 4.74 Å². The molecular formula is C17H19N3O4. The minimum Gasteiger partial charge on any atom is -0.448 e. The minimum absolute atomic E-state index is 0.113. The van der Waals surface area contributed by atoms with Crippen molar-refractivity contribution in [3.05, 3.63) is 43.0 Å². The van der Waals surface area contributed by atoms with Crippen LogP contribution in [-0.2, 0) is 19.1 Å². The van der Waals surface area contributed by atoms with E-state index in [0.717, 1.165) is 0 Å². The van der Waals surface area contributed by atoms with E-state index >= 15 is 0 Å². The lowest BCUT2D eigenvalue weighted by molar-refractivity contribution is -0.148. The predicted molar refractivity (Wildman–Crippen MR) is 89.4 cm³/mol. The van der Waals surface area contributed by atoms with E-state index in [1.54, 1.807) is 24.3 Å². The van der Waals surface area contributed by atoms with Crippen LogP contribution in [0, 0.1) is 0 Å². The number of amides is 2. The van der Waals surface area contributed by atoms with Gasteiger partial charge in [-0.3, -0.25) is 9.59 Å². The number of benzene rings is 1. The van der Waals surface area contributed by atoms with Crippen molar-refractivity contribution in [1.82, 2.24) is 5.32 Å². The van der Waals surface area contributed by atoms with Crippen LogP contribution < -0.4 is 10.3 Å². The van der Waals surface area contributed by atoms with Crippen LogP contribution in [0.25, 0.3) is 0 Å². The van der Waals surface area contributed by atoms with Crippen molar-refractivity contribution in [2.45, 2.75) is 25.9 Å². The molecule has 0 saturated carbocycles. The fraction of sp³-hybridized carbons (Fsp3) is 0.294. The van der Waals surface area contributed by atoms with Crippen LogP contribution in [0.2, 0.25) is 0 Å². The fourth-order valence-corrected chi connectivity index (χ4v) is 2.07. The summed E-state index contributed by atoms with van der Waals surface area (Å²) in [4.78, 5) is 35.9. The highest BCUT2D eigenvalue weighted by atomic mass is 16.5. The monoisotopic (exact) mass is 329 g/mol. The van der Waals surface area contributed by atoms with Crippen LogP contribution in [0.3, 0.4) is 0 Å². The van der Waals surface area contributed by atoms with Crippen LogP contribution >= 0.6 is 0 Å². The van der Waals surface area contributed by atoms with Gasteiger partial charge in [0.2, 0.25) is 5.91 Å². The number of carbonyl (C=O) groups is 3. The maximum Gasteiger partial charge on any atom is 0.355 e. The standard InChI is InChI=1S/C17H19N3O4/c1-3-11-18-16(22)12(2)24-17(23)14-9-10-15(21)20(19-14)13-7-5-4-6-8-13/h3-8,12H,1,9-11H2,2H3,(H,18,22)/t12-/m1/s1. The first-order valence-corrected chi connectivity index (χ1v) is 7.58. The number of carbonyl (C=O) groups excluding carboxylic acids is 3. The molecule has 1 aliphatic heterocycles. The Morgan fingerprint density at radius 3 is 2.75 bits per heavy atom. The van der Waals surface area contributed by atoms with Gasteiger partial charge in [-0.2, -0.15) is 5.10 Å². The zero-order valence-corrected chi connectivity index (χ0v) is 13.4. The first-order chi connectivity index (χ1) is 11.5. The molecule has 0 spiro atoms. The molecule has 0 aliphatic carbocycles. The van der Waals surface area contributed by atoms with E-state index in [1.165, 1.54) is 18.0 Å². The van der Waals surface area contributed by atoms with Gasteiger partial charge in [0.15, 0.2) is 6.10 Å². The van der Waals surface area contributed by atoms with Crippen molar-refractivity contribution in [3.63, 3.8) is 0 Å². The smallest absolute Gasteiger partial charge is 0.355 e. The Morgan fingerprint density at radius 2 is 2.08 bits per heavy atom. The number of hydrogen-bond donors (Lipinski definition) is 1. The first-order valence-electron chi connectivity index (χ1n) is 7.58. The first kappa shape index (κ1) is 17.4. The Balaban J connectivity index is 2.07. The summed E-state index contributed by atoms with van der Waals surface area (Å²) in [6.45, 7) is 5.25. The molecule has 7 nitrogen and oxygen atoms in total. The van der Waals surface area contributed by atoms with Gasteiger partial charge in [0.05, 0.1) is 5.69 Å². The normalized spacial score (nSPS) is 15.3. The molecule has 1 aliphatic rings. The van der Waals surface area contributed by atoms with Crippen molar-refractivity contribution in [1.29, 1.82) is 0 Å². The van der Waals surface area contributed by atoms with Crippen LogP contribution in [-0.4, -0.2) is 36.1 Å². The topological polar surface area (TPSA) is 88.1 Å². The molecule has 1 aromatic rings. The molecule has 0 fully saturated rings. The zero-order chi connectivity index (χ0) is 17.5. The molecule has 2 rings (SSSR count). The third kappa shape index (κ3) is 4.28. The molecule has 7 heteroatoms. The van der Waals surface area contributed by atoms with E-state index in [-0.39, 0.29) is 31.0 Å². The highest BCUT2D eigenvalue weighted by Gasteiger charge is 2.28. The summed E-state index contributed by atoms with van der Waals surface area (Å²) in [5, 5.41) is 7.81. The molecule has 1 aromatic carbocycles. The summed E-state index contributed by atoms with van der Waals surface area (Å²) in [7, 11) is 0. The number of ether oxygens (including phenoxy) is 1. The molecule has 0 unspecified atom stereocenters. The average molecular weight is 329 g/mol. The largest absolute Gasteiger partial charge is 0.448 e. The second-order valence-corrected chi connectivity index (χ2v) is 5.17. The quantitative estimate of drug-likeness (QED) is 0.631. The third-order valence-corrected chi connectivity index (χ3v) is 3.34. The Kier molecular flexibility index (Phi) is 5.83. The van der Waals surface area contributed by atoms with Gasteiger partial charge in [-0.1, -0.05) is 24.3 Å². The Hall–Kier alpha value is -2.96. The molecule has 0 radical (unpaired) electrons. The predicted octanol–water partition coefficient (Wildman–Crippen LogP) is 1.40. The lowest BCUT2D eigenvalue weighted by Gasteiger charge is -2.23. The number of nitrogens with zero attached hydrogens (tertiary/aromatic N) is 2. The summed E-state index contributed by atoms with van der Waals surface area (Å²) < 4.78 is 5.11. The van der Waals surface area contributed by atoms with Gasteiger partial charge >= 0.3 is 5.97 Å². The summed E-state index contributed by atoms with van der Waals surface area (Å²) in [6, 6.07) is 8.82. The molecular weight excluding hydrogens is 310 g/mol. The Labute approximate surface area is 140 Å². The van der Waals surface area contributed by atoms with Crippen LogP contribution in [0.5, 0.6) is 0 Å². The molecule has 24 heavy (non-hydrogen) atoms. The van der Waals surface area contributed by atoms with Crippen molar-refractivity contribution in [2.24, 2.45) is 5.10 Å². The van der Waals surface area contributed by atoms with Crippen molar-refractivity contribution >= 4 is 29.2 Å². The van der Waals surface area contributed by atoms with Crippen molar-refractivity contribution in [2.75, 3.05) is 11.6 Å². The molecule has 0 saturated heterocycles. The highest BCUT2D eigenvalue weighted by molar-refractivity contribution is 6.38. The van der Waals surface area contributed by atoms with Crippen molar-refractivity contribution < 1.29 is 19.1 Å². The summed E-state index contributed by atoms with van der Waals surface area (Å²) in [5.41, 5.74) is 0.686. The molecule has 1 atom stereocenters. The molecule has 0 aromatic heterocycles. The number of hydrogen-bond acceptors (Lipinski definition) is 5. The van der Waals surface area contributed by atoms with E-state index in [1.807, 2.05) is 6.07 Å². The molecule has 1 heterocycles. The van der Waals surface area contributed by atoms with Crippen LogP contribution in [0.4, 0.5) is 5.69 Å². The second kappa shape index (κ2) is 8.05. The van der Waals surface area contributed by atoms with Crippen LogP contribution in [0.15, 0.2) is 48.1 Å². The third-order valence-electron chi connectivity index (χ3n) is 3.34. The van der Waals surface area contributed by atoms with Gasteiger partial charge < -0.3 is 10.1 Å². The van der Waals surface area contributed by atoms with E-state index in [9.17, 15) is 14.4 Å². The van der Waals surface area contributed by atoms with Crippen LogP contribution in [0.1, 0.15) is 19.8 Å². The van der Waals surface area contributed by atoms with Gasteiger partial charge in [-0.25, -0.2) is 9.80 Å². The number of esters is 1. The number of nitrogens with one attached hydrogen (secondary N) is 1. The number of rotatable bonds is 6. The van der Waals surface area contributed by atoms with Gasteiger partial charge in [0, 0.05) is 19.4 Å². The highest BCUT2D eigenvalue weighted by Crippen LogP contribution is 2.20. The number of para-hydroxylation sites is 1. The van der Waals surface area contributed by atoms with E-state index in [2.05, 4.69) is 17.0 Å². The van der Waals surface area contributed by atoms with E-state index in [0.29, 0.717) is 5.69 Å². The second-order valence-electron chi connectivity index (χ2n) is 5.17. The lowest BCUT2D eigenvalue weighted by atomic mass is 10.1. The summed E-state index contributed by atoms with van der Waals surface area (Å²) >= 11 is 0. The molecule has 1 N–H and O–H groups in total. The van der Waals surface area contributed by atoms with Gasteiger partial charge in [0.1, 0.15) is 5.71 Å². The van der Waals surface area contributed by atoms with Gasteiger partial charge in [0.25, 0.3) is 5.91 Å². The summed E-state index contributed by atoms with van der Waals surface area (Å²) in [6.07, 6.45) is 0.908. The zero-order valence-electron chi connectivity index (χ0n) is 13.4. The molecule has 2 amide bonds.